The Morgan fingerprint density at radius 3 is 2.88 bits per heavy atom. The van der Waals surface area contributed by atoms with E-state index in [1.807, 2.05) is 6.07 Å². The first-order valence-electron chi connectivity index (χ1n) is 7.80. The van der Waals surface area contributed by atoms with E-state index in [4.69, 9.17) is 9.63 Å². The zero-order chi connectivity index (χ0) is 17.1. The van der Waals surface area contributed by atoms with E-state index in [1.54, 1.807) is 18.2 Å². The van der Waals surface area contributed by atoms with E-state index in [9.17, 15) is 9.59 Å². The van der Waals surface area contributed by atoms with E-state index < -0.39 is 17.9 Å². The van der Waals surface area contributed by atoms with E-state index in [1.165, 1.54) is 0 Å². The molecule has 0 bridgehead atoms. The van der Waals surface area contributed by atoms with Crippen LogP contribution in [0.2, 0.25) is 0 Å². The van der Waals surface area contributed by atoms with Crippen LogP contribution in [0.4, 0.5) is 0 Å². The molecule has 0 radical (unpaired) electrons. The zero-order valence-electron chi connectivity index (χ0n) is 12.9. The second kappa shape index (κ2) is 7.17. The molecule has 0 saturated carbocycles. The Morgan fingerprint density at radius 2 is 2.12 bits per heavy atom. The van der Waals surface area contributed by atoms with Gasteiger partial charge in [0.15, 0.2) is 5.69 Å². The van der Waals surface area contributed by atoms with Crippen molar-refractivity contribution in [1.29, 1.82) is 0 Å². The highest BCUT2D eigenvalue weighted by Gasteiger charge is 2.26. The van der Waals surface area contributed by atoms with Crippen molar-refractivity contribution >= 4 is 27.8 Å². The summed E-state index contributed by atoms with van der Waals surface area (Å²) in [7, 11) is 0. The number of aliphatic carboxylic acids is 1. The molecule has 0 spiro atoms. The number of fused-ring (bicyclic) bond motifs is 1. The highest BCUT2D eigenvalue weighted by atomic mass is 79.9. The number of hydrogen-bond donors (Lipinski definition) is 2. The number of benzene rings is 1. The summed E-state index contributed by atoms with van der Waals surface area (Å²) in [6, 6.07) is 6.60. The maximum Gasteiger partial charge on any atom is 0.305 e. The number of hydrogen-bond acceptors (Lipinski definition) is 4. The van der Waals surface area contributed by atoms with E-state index in [0.29, 0.717) is 0 Å². The second-order valence-electron chi connectivity index (χ2n) is 5.82. The molecule has 2 aromatic rings. The van der Waals surface area contributed by atoms with Gasteiger partial charge in [-0.05, 0) is 37.0 Å². The molecular formula is C17H17BrN2O4. The van der Waals surface area contributed by atoms with Crippen molar-refractivity contribution in [2.45, 2.75) is 38.1 Å². The molecule has 1 unspecified atom stereocenters. The van der Waals surface area contributed by atoms with Crippen LogP contribution in [0.5, 0.6) is 0 Å². The summed E-state index contributed by atoms with van der Waals surface area (Å²) in [5, 5.41) is 15.8. The van der Waals surface area contributed by atoms with Gasteiger partial charge in [-0.15, -0.1) is 0 Å². The monoisotopic (exact) mass is 392 g/mol. The van der Waals surface area contributed by atoms with Crippen LogP contribution in [0.25, 0.3) is 0 Å². The standard InChI is InChI=1S/C17H17BrN2O4/c18-11-5-3-4-10(8-11)13(9-15(21)22)19-17(23)16-12-6-1-2-7-14(12)24-20-16/h3-5,8,13H,1-2,6-7,9H2,(H,19,23)(H,21,22). The Kier molecular flexibility index (Phi) is 4.99. The number of halogens is 1. The molecule has 0 aliphatic heterocycles. The third-order valence-corrected chi connectivity index (χ3v) is 4.59. The Labute approximate surface area is 147 Å². The molecule has 1 aromatic heterocycles. The van der Waals surface area contributed by atoms with Gasteiger partial charge in [0.1, 0.15) is 5.76 Å². The van der Waals surface area contributed by atoms with Gasteiger partial charge in [0.05, 0.1) is 12.5 Å². The molecule has 1 aliphatic rings. The predicted octanol–water partition coefficient (Wildman–Crippen LogP) is 3.26. The summed E-state index contributed by atoms with van der Waals surface area (Å²) in [6.45, 7) is 0. The molecule has 126 valence electrons. The summed E-state index contributed by atoms with van der Waals surface area (Å²) in [6.07, 6.45) is 3.38. The molecule has 0 fully saturated rings. The second-order valence-corrected chi connectivity index (χ2v) is 6.73. The third kappa shape index (κ3) is 3.67. The van der Waals surface area contributed by atoms with E-state index in [0.717, 1.165) is 47.0 Å². The number of carbonyl (C=O) groups is 2. The van der Waals surface area contributed by atoms with Gasteiger partial charge in [-0.3, -0.25) is 9.59 Å². The van der Waals surface area contributed by atoms with Crippen LogP contribution >= 0.6 is 15.9 Å². The van der Waals surface area contributed by atoms with Crippen LogP contribution in [-0.4, -0.2) is 22.1 Å². The first-order chi connectivity index (χ1) is 11.5. The average molecular weight is 393 g/mol. The largest absolute Gasteiger partial charge is 0.481 e. The smallest absolute Gasteiger partial charge is 0.305 e. The fraction of sp³-hybridized carbons (Fsp3) is 0.353. The first-order valence-corrected chi connectivity index (χ1v) is 8.59. The minimum absolute atomic E-state index is 0.206. The SMILES string of the molecule is O=C(O)CC(NC(=O)c1noc2c1CCCC2)c1cccc(Br)c1. The average Bonchev–Trinajstić information content (AvgIpc) is 2.98. The molecule has 1 atom stereocenters. The minimum atomic E-state index is -0.984. The molecule has 1 amide bonds. The number of carboxylic acids is 1. The number of aromatic nitrogens is 1. The number of aryl methyl sites for hydroxylation is 1. The molecule has 3 rings (SSSR count). The lowest BCUT2D eigenvalue weighted by molar-refractivity contribution is -0.137. The number of amides is 1. The first kappa shape index (κ1) is 16.7. The van der Waals surface area contributed by atoms with Crippen LogP contribution in [0.1, 0.15) is 52.7 Å². The summed E-state index contributed by atoms with van der Waals surface area (Å²) in [5.41, 5.74) is 1.84. The van der Waals surface area contributed by atoms with E-state index in [2.05, 4.69) is 26.4 Å². The Balaban J connectivity index is 1.83. The van der Waals surface area contributed by atoms with Crippen LogP contribution in [0, 0.1) is 0 Å². The molecule has 2 N–H and O–H groups in total. The van der Waals surface area contributed by atoms with Crippen molar-refractivity contribution < 1.29 is 19.2 Å². The molecule has 7 heteroatoms. The van der Waals surface area contributed by atoms with Crippen molar-refractivity contribution in [2.75, 3.05) is 0 Å². The molecule has 6 nitrogen and oxygen atoms in total. The normalized spacial score (nSPS) is 14.7. The van der Waals surface area contributed by atoms with Crippen LogP contribution in [-0.2, 0) is 17.6 Å². The van der Waals surface area contributed by atoms with Crippen molar-refractivity contribution in [3.05, 3.63) is 51.3 Å². The predicted molar refractivity (Wildman–Crippen MR) is 89.7 cm³/mol. The molecule has 24 heavy (non-hydrogen) atoms. The molecule has 0 saturated heterocycles. The maximum absolute atomic E-state index is 12.6. The van der Waals surface area contributed by atoms with Gasteiger partial charge >= 0.3 is 5.97 Å². The number of rotatable bonds is 5. The molecule has 1 heterocycles. The number of carbonyl (C=O) groups excluding carboxylic acids is 1. The number of carboxylic acid groups (broad SMARTS) is 1. The molecule has 1 aliphatic carbocycles. The number of nitrogens with one attached hydrogen (secondary N) is 1. The fourth-order valence-corrected chi connectivity index (χ4v) is 3.36. The molecular weight excluding hydrogens is 376 g/mol. The van der Waals surface area contributed by atoms with Crippen molar-refractivity contribution in [1.82, 2.24) is 10.5 Å². The zero-order valence-corrected chi connectivity index (χ0v) is 14.5. The van der Waals surface area contributed by atoms with E-state index >= 15 is 0 Å². The van der Waals surface area contributed by atoms with Crippen molar-refractivity contribution in [3.8, 4) is 0 Å². The summed E-state index contributed by atoms with van der Waals surface area (Å²) >= 11 is 3.36. The molecule has 1 aromatic carbocycles. The van der Waals surface area contributed by atoms with Gasteiger partial charge in [-0.1, -0.05) is 33.2 Å². The lowest BCUT2D eigenvalue weighted by atomic mass is 9.96. The topological polar surface area (TPSA) is 92.4 Å². The maximum atomic E-state index is 12.6. The van der Waals surface area contributed by atoms with Gasteiger partial charge in [0.25, 0.3) is 5.91 Å². The van der Waals surface area contributed by atoms with Crippen LogP contribution in [0.3, 0.4) is 0 Å². The van der Waals surface area contributed by atoms with Crippen molar-refractivity contribution in [2.24, 2.45) is 0 Å². The van der Waals surface area contributed by atoms with Gasteiger partial charge in [-0.2, -0.15) is 0 Å². The Hall–Kier alpha value is -2.15. The quantitative estimate of drug-likeness (QED) is 0.814. The van der Waals surface area contributed by atoms with Crippen molar-refractivity contribution in [3.63, 3.8) is 0 Å². The van der Waals surface area contributed by atoms with Gasteiger partial charge < -0.3 is 14.9 Å². The summed E-state index contributed by atoms with van der Waals surface area (Å²) in [4.78, 5) is 23.8. The highest BCUT2D eigenvalue weighted by Crippen LogP contribution is 2.26. The Bertz CT molecular complexity index is 772. The van der Waals surface area contributed by atoms with E-state index in [-0.39, 0.29) is 12.1 Å². The Morgan fingerprint density at radius 1 is 1.33 bits per heavy atom. The van der Waals surface area contributed by atoms with Crippen LogP contribution in [0.15, 0.2) is 33.3 Å². The fourth-order valence-electron chi connectivity index (χ4n) is 2.94. The van der Waals surface area contributed by atoms with Gasteiger partial charge in [-0.25, -0.2) is 0 Å². The summed E-state index contributed by atoms with van der Waals surface area (Å²) in [5.74, 6) is -0.612. The lowest BCUT2D eigenvalue weighted by Gasteiger charge is -2.17. The highest BCUT2D eigenvalue weighted by molar-refractivity contribution is 9.10. The number of nitrogens with zero attached hydrogens (tertiary/aromatic N) is 1. The third-order valence-electron chi connectivity index (χ3n) is 4.10. The van der Waals surface area contributed by atoms with Gasteiger partial charge in [0, 0.05) is 16.5 Å². The van der Waals surface area contributed by atoms with Crippen LogP contribution < -0.4 is 5.32 Å². The summed E-state index contributed by atoms with van der Waals surface area (Å²) < 4.78 is 6.08. The lowest BCUT2D eigenvalue weighted by Crippen LogP contribution is -2.31. The minimum Gasteiger partial charge on any atom is -0.481 e. The van der Waals surface area contributed by atoms with Gasteiger partial charge in [0.2, 0.25) is 0 Å².